The van der Waals surface area contributed by atoms with Crippen molar-refractivity contribution in [3.8, 4) is 5.75 Å². The number of hydrogen-bond donors (Lipinski definition) is 2. The van der Waals surface area contributed by atoms with Crippen LogP contribution in [0.1, 0.15) is 6.92 Å². The van der Waals surface area contributed by atoms with Gasteiger partial charge in [-0.05, 0) is 25.3 Å². The summed E-state index contributed by atoms with van der Waals surface area (Å²) in [6.07, 6.45) is 1.83. The van der Waals surface area contributed by atoms with Crippen molar-refractivity contribution in [2.24, 2.45) is 4.99 Å². The molecule has 0 spiro atoms. The number of likely N-dealkylation sites (N-methyl/N-ethyl adjacent to an activating group) is 1. The van der Waals surface area contributed by atoms with Crippen molar-refractivity contribution in [2.45, 2.75) is 13.0 Å². The van der Waals surface area contributed by atoms with Gasteiger partial charge >= 0.3 is 0 Å². The van der Waals surface area contributed by atoms with E-state index in [1.165, 1.54) is 17.0 Å². The summed E-state index contributed by atoms with van der Waals surface area (Å²) in [5.41, 5.74) is 0. The Morgan fingerprint density at radius 2 is 2.12 bits per heavy atom. The number of amides is 1. The number of ether oxygens (including phenoxy) is 1. The molecular weight excluding hydrogens is 470 g/mol. The number of thioether (sulfide) groups is 1. The molecule has 0 saturated carbocycles. The Morgan fingerprint density at radius 3 is 2.73 bits per heavy atom. The number of nitrogens with zero attached hydrogens (tertiary/aromatic N) is 2. The summed E-state index contributed by atoms with van der Waals surface area (Å²) in [6, 6.07) is 6.03. The van der Waals surface area contributed by atoms with E-state index in [-0.39, 0.29) is 48.3 Å². The standard InChI is InChI=1S/C17H27FN4O2S.HI/c1-13(24-15-7-5-6-14(18)10-15)11-20-17(19-8-9-25-4)21-12-16(23)22(2)3;/h5-7,10,13H,8-9,11-12H2,1-4H3,(H2,19,20,21);1H. The fourth-order valence-corrected chi connectivity index (χ4v) is 2.09. The number of nitrogens with one attached hydrogen (secondary N) is 2. The van der Waals surface area contributed by atoms with Crippen molar-refractivity contribution in [1.82, 2.24) is 15.5 Å². The molecule has 1 aromatic rings. The molecule has 26 heavy (non-hydrogen) atoms. The largest absolute Gasteiger partial charge is 0.489 e. The molecule has 0 radical (unpaired) electrons. The average Bonchev–Trinajstić information content (AvgIpc) is 2.56. The van der Waals surface area contributed by atoms with Gasteiger partial charge in [0.15, 0.2) is 5.96 Å². The molecular formula is C17H28FIN4O2S. The third-order valence-electron chi connectivity index (χ3n) is 3.16. The van der Waals surface area contributed by atoms with Crippen LogP contribution < -0.4 is 15.4 Å². The number of aliphatic imine (C=N–C) groups is 1. The maximum absolute atomic E-state index is 13.2. The van der Waals surface area contributed by atoms with Crippen LogP contribution in [0.3, 0.4) is 0 Å². The second-order valence-corrected chi connectivity index (χ2v) is 6.62. The first-order valence-corrected chi connectivity index (χ1v) is 9.45. The average molecular weight is 498 g/mol. The molecule has 0 saturated heterocycles. The van der Waals surface area contributed by atoms with Crippen molar-refractivity contribution >= 4 is 47.6 Å². The topological polar surface area (TPSA) is 66.0 Å². The number of guanidine groups is 1. The van der Waals surface area contributed by atoms with Gasteiger partial charge in [0.25, 0.3) is 0 Å². The second kappa shape index (κ2) is 13.9. The summed E-state index contributed by atoms with van der Waals surface area (Å²) in [5, 5.41) is 6.32. The molecule has 1 amide bonds. The third-order valence-corrected chi connectivity index (χ3v) is 3.77. The highest BCUT2D eigenvalue weighted by atomic mass is 127. The van der Waals surface area contributed by atoms with Crippen LogP contribution in [0, 0.1) is 5.82 Å². The van der Waals surface area contributed by atoms with Crippen molar-refractivity contribution < 1.29 is 13.9 Å². The van der Waals surface area contributed by atoms with Gasteiger partial charge in [0.05, 0.1) is 6.54 Å². The number of benzene rings is 1. The Morgan fingerprint density at radius 1 is 1.38 bits per heavy atom. The highest BCUT2D eigenvalue weighted by Gasteiger charge is 2.08. The lowest BCUT2D eigenvalue weighted by Crippen LogP contribution is -2.43. The Hall–Kier alpha value is -1.23. The first-order valence-electron chi connectivity index (χ1n) is 8.06. The second-order valence-electron chi connectivity index (χ2n) is 5.64. The van der Waals surface area contributed by atoms with E-state index >= 15 is 0 Å². The van der Waals surface area contributed by atoms with E-state index in [9.17, 15) is 9.18 Å². The molecule has 1 rings (SSSR count). The van der Waals surface area contributed by atoms with Crippen LogP contribution in [0.5, 0.6) is 5.75 Å². The molecule has 9 heteroatoms. The van der Waals surface area contributed by atoms with Gasteiger partial charge in [0, 0.05) is 32.5 Å². The van der Waals surface area contributed by atoms with E-state index in [2.05, 4.69) is 15.6 Å². The predicted molar refractivity (Wildman–Crippen MR) is 117 cm³/mol. The Kier molecular flexibility index (Phi) is 13.2. The van der Waals surface area contributed by atoms with Gasteiger partial charge in [0.2, 0.25) is 5.91 Å². The zero-order valence-electron chi connectivity index (χ0n) is 15.6. The van der Waals surface area contributed by atoms with Gasteiger partial charge in [-0.25, -0.2) is 9.38 Å². The van der Waals surface area contributed by atoms with Crippen LogP contribution in [-0.4, -0.2) is 68.6 Å². The zero-order valence-corrected chi connectivity index (χ0v) is 18.8. The molecule has 1 unspecified atom stereocenters. The van der Waals surface area contributed by atoms with Crippen molar-refractivity contribution in [2.75, 3.05) is 45.7 Å². The molecule has 1 aromatic carbocycles. The van der Waals surface area contributed by atoms with Crippen LogP contribution in [0.15, 0.2) is 29.3 Å². The lowest BCUT2D eigenvalue weighted by molar-refractivity contribution is -0.127. The van der Waals surface area contributed by atoms with Gasteiger partial charge in [0.1, 0.15) is 24.2 Å². The Balaban J connectivity index is 0.00000625. The number of carbonyl (C=O) groups is 1. The van der Waals surface area contributed by atoms with Crippen molar-refractivity contribution in [3.05, 3.63) is 30.1 Å². The summed E-state index contributed by atoms with van der Waals surface area (Å²) < 4.78 is 18.9. The monoisotopic (exact) mass is 498 g/mol. The zero-order chi connectivity index (χ0) is 18.7. The summed E-state index contributed by atoms with van der Waals surface area (Å²) >= 11 is 1.72. The quantitative estimate of drug-likeness (QED) is 0.237. The van der Waals surface area contributed by atoms with Crippen LogP contribution >= 0.6 is 35.7 Å². The number of hydrogen-bond acceptors (Lipinski definition) is 4. The van der Waals surface area contributed by atoms with Gasteiger partial charge < -0.3 is 20.3 Å². The highest BCUT2D eigenvalue weighted by Crippen LogP contribution is 2.13. The van der Waals surface area contributed by atoms with E-state index in [0.29, 0.717) is 18.3 Å². The molecule has 0 bridgehead atoms. The predicted octanol–water partition coefficient (Wildman–Crippen LogP) is 2.20. The third kappa shape index (κ3) is 10.7. The molecule has 6 nitrogen and oxygen atoms in total. The van der Waals surface area contributed by atoms with Gasteiger partial charge in [-0.2, -0.15) is 11.8 Å². The minimum atomic E-state index is -0.333. The molecule has 0 heterocycles. The minimum Gasteiger partial charge on any atom is -0.489 e. The van der Waals surface area contributed by atoms with Gasteiger partial charge in [-0.3, -0.25) is 4.79 Å². The van der Waals surface area contributed by atoms with E-state index in [0.717, 1.165) is 12.3 Å². The molecule has 0 aliphatic rings. The van der Waals surface area contributed by atoms with E-state index < -0.39 is 0 Å². The van der Waals surface area contributed by atoms with E-state index in [1.807, 2.05) is 13.2 Å². The first kappa shape index (κ1) is 24.8. The molecule has 2 N–H and O–H groups in total. The Bertz CT molecular complexity index is 575. The molecule has 1 atom stereocenters. The number of halogens is 2. The highest BCUT2D eigenvalue weighted by molar-refractivity contribution is 14.0. The van der Waals surface area contributed by atoms with Crippen LogP contribution in [0.2, 0.25) is 0 Å². The SMILES string of the molecule is CSCCNC(=NCC(=O)N(C)C)NCC(C)Oc1cccc(F)c1.I. The number of rotatable bonds is 9. The first-order chi connectivity index (χ1) is 11.9. The van der Waals surface area contributed by atoms with E-state index in [1.54, 1.807) is 38.0 Å². The van der Waals surface area contributed by atoms with Crippen LogP contribution in [0.4, 0.5) is 4.39 Å². The van der Waals surface area contributed by atoms with Gasteiger partial charge in [-0.15, -0.1) is 24.0 Å². The fraction of sp³-hybridized carbons (Fsp3) is 0.529. The van der Waals surface area contributed by atoms with E-state index in [4.69, 9.17) is 4.74 Å². The summed E-state index contributed by atoms with van der Waals surface area (Å²) in [5.74, 6) is 1.55. The van der Waals surface area contributed by atoms with Crippen LogP contribution in [0.25, 0.3) is 0 Å². The normalized spacial score (nSPS) is 12.0. The Labute approximate surface area is 176 Å². The summed E-state index contributed by atoms with van der Waals surface area (Å²) in [6.45, 7) is 3.16. The maximum Gasteiger partial charge on any atom is 0.243 e. The lowest BCUT2D eigenvalue weighted by Gasteiger charge is -2.18. The number of carbonyl (C=O) groups excluding carboxylic acids is 1. The van der Waals surface area contributed by atoms with Crippen molar-refractivity contribution in [3.63, 3.8) is 0 Å². The molecule has 148 valence electrons. The lowest BCUT2D eigenvalue weighted by atomic mass is 10.3. The maximum atomic E-state index is 13.2. The molecule has 0 aliphatic heterocycles. The molecule has 0 aliphatic carbocycles. The summed E-state index contributed by atoms with van der Waals surface area (Å²) in [7, 11) is 3.39. The van der Waals surface area contributed by atoms with Gasteiger partial charge in [-0.1, -0.05) is 6.07 Å². The molecule has 0 fully saturated rings. The van der Waals surface area contributed by atoms with Crippen molar-refractivity contribution in [1.29, 1.82) is 0 Å². The molecule has 0 aromatic heterocycles. The summed E-state index contributed by atoms with van der Waals surface area (Å²) in [4.78, 5) is 17.5. The minimum absolute atomic E-state index is 0. The smallest absolute Gasteiger partial charge is 0.243 e. The van der Waals surface area contributed by atoms with Crippen LogP contribution in [-0.2, 0) is 4.79 Å². The fourth-order valence-electron chi connectivity index (χ4n) is 1.79.